The van der Waals surface area contributed by atoms with Gasteiger partial charge in [-0.2, -0.15) is 0 Å². The molecule has 2 N–H and O–H groups in total. The molecule has 0 fully saturated rings. The van der Waals surface area contributed by atoms with Crippen molar-refractivity contribution in [2.24, 2.45) is 0 Å². The molecule has 1 amide bonds. The topological polar surface area (TPSA) is 59.6 Å². The van der Waals surface area contributed by atoms with E-state index in [9.17, 15) is 4.79 Å². The Kier molecular flexibility index (Phi) is 12.9. The molecule has 0 saturated heterocycles. The number of hydrogen-bond donors (Lipinski definition) is 2. The van der Waals surface area contributed by atoms with Gasteiger partial charge in [-0.1, -0.05) is 13.3 Å². The summed E-state index contributed by atoms with van der Waals surface area (Å²) in [4.78, 5) is 11.3. The third-order valence-electron chi connectivity index (χ3n) is 2.19. The molecule has 5 heteroatoms. The monoisotopic (exact) mass is 246 g/mol. The van der Waals surface area contributed by atoms with Gasteiger partial charge in [0.15, 0.2) is 0 Å². The van der Waals surface area contributed by atoms with Crippen LogP contribution in [0.2, 0.25) is 0 Å². The number of nitrogens with one attached hydrogen (secondary N) is 2. The second kappa shape index (κ2) is 13.4. The number of hydrogen-bond acceptors (Lipinski definition) is 4. The molecule has 0 heterocycles. The summed E-state index contributed by atoms with van der Waals surface area (Å²) < 4.78 is 10.6. The van der Waals surface area contributed by atoms with Crippen molar-refractivity contribution in [3.8, 4) is 0 Å². The van der Waals surface area contributed by atoms with Crippen LogP contribution in [-0.4, -0.2) is 52.5 Å². The Labute approximate surface area is 104 Å². The van der Waals surface area contributed by atoms with Gasteiger partial charge in [0, 0.05) is 19.5 Å². The number of unbranched alkanes of at least 4 members (excludes halogenated alkanes) is 1. The fourth-order valence-corrected chi connectivity index (χ4v) is 1.15. The Morgan fingerprint density at radius 1 is 1.06 bits per heavy atom. The Hall–Kier alpha value is -0.650. The van der Waals surface area contributed by atoms with Crippen LogP contribution in [0.15, 0.2) is 0 Å². The fourth-order valence-electron chi connectivity index (χ4n) is 1.15. The van der Waals surface area contributed by atoms with E-state index >= 15 is 0 Å². The van der Waals surface area contributed by atoms with Gasteiger partial charge in [-0.25, -0.2) is 0 Å². The largest absolute Gasteiger partial charge is 0.379 e. The van der Waals surface area contributed by atoms with Crippen LogP contribution < -0.4 is 10.6 Å². The second-order valence-electron chi connectivity index (χ2n) is 3.78. The molecule has 0 saturated carbocycles. The van der Waals surface area contributed by atoms with Crippen molar-refractivity contribution in [3.05, 3.63) is 0 Å². The summed E-state index contributed by atoms with van der Waals surface area (Å²) in [6.07, 6.45) is 2.56. The van der Waals surface area contributed by atoms with Crippen LogP contribution in [0.3, 0.4) is 0 Å². The van der Waals surface area contributed by atoms with Crippen molar-refractivity contribution in [3.63, 3.8) is 0 Å². The van der Waals surface area contributed by atoms with Gasteiger partial charge in [0.1, 0.15) is 0 Å². The van der Waals surface area contributed by atoms with E-state index in [1.165, 1.54) is 0 Å². The SMILES string of the molecule is CCCCNC(=O)CCOCCOCCNC. The predicted octanol–water partition coefficient (Wildman–Crippen LogP) is 0.545. The minimum atomic E-state index is 0.0644. The van der Waals surface area contributed by atoms with E-state index in [2.05, 4.69) is 17.6 Å². The first-order valence-corrected chi connectivity index (χ1v) is 6.38. The standard InChI is InChI=1S/C12H26N2O3/c1-3-4-6-14-12(15)5-8-16-10-11-17-9-7-13-2/h13H,3-11H2,1-2H3,(H,14,15). The molecule has 0 atom stereocenters. The molecule has 0 aromatic rings. The van der Waals surface area contributed by atoms with Gasteiger partial charge in [0.05, 0.1) is 26.4 Å². The zero-order valence-corrected chi connectivity index (χ0v) is 11.1. The third-order valence-corrected chi connectivity index (χ3v) is 2.19. The van der Waals surface area contributed by atoms with E-state index in [1.807, 2.05) is 7.05 Å². The summed E-state index contributed by atoms with van der Waals surface area (Å²) in [6.45, 7) is 6.00. The average Bonchev–Trinajstić information content (AvgIpc) is 2.33. The van der Waals surface area contributed by atoms with E-state index in [1.54, 1.807) is 0 Å². The lowest BCUT2D eigenvalue weighted by Crippen LogP contribution is -2.25. The third kappa shape index (κ3) is 13.3. The summed E-state index contributed by atoms with van der Waals surface area (Å²) in [6, 6.07) is 0. The first-order chi connectivity index (χ1) is 8.31. The highest BCUT2D eigenvalue weighted by molar-refractivity contribution is 5.75. The molecule has 0 radical (unpaired) electrons. The normalized spacial score (nSPS) is 10.5. The van der Waals surface area contributed by atoms with Gasteiger partial charge < -0.3 is 20.1 Å². The molecule has 0 aliphatic carbocycles. The quantitative estimate of drug-likeness (QED) is 0.494. The Morgan fingerprint density at radius 2 is 1.76 bits per heavy atom. The van der Waals surface area contributed by atoms with Crippen molar-refractivity contribution < 1.29 is 14.3 Å². The molecule has 0 spiro atoms. The molecule has 5 nitrogen and oxygen atoms in total. The molecule has 0 rings (SSSR count). The number of amides is 1. The summed E-state index contributed by atoms with van der Waals surface area (Å²) >= 11 is 0. The highest BCUT2D eigenvalue weighted by Crippen LogP contribution is 1.87. The molecule has 0 aliphatic heterocycles. The van der Waals surface area contributed by atoms with Crippen LogP contribution >= 0.6 is 0 Å². The van der Waals surface area contributed by atoms with Gasteiger partial charge in [0.2, 0.25) is 5.91 Å². The van der Waals surface area contributed by atoms with Crippen LogP contribution in [0.1, 0.15) is 26.2 Å². The van der Waals surface area contributed by atoms with Crippen molar-refractivity contribution in [1.82, 2.24) is 10.6 Å². The number of carbonyl (C=O) groups is 1. The predicted molar refractivity (Wildman–Crippen MR) is 68.1 cm³/mol. The number of ether oxygens (including phenoxy) is 2. The molecule has 102 valence electrons. The maximum atomic E-state index is 11.3. The molecular weight excluding hydrogens is 220 g/mol. The number of carbonyl (C=O) groups excluding carboxylic acids is 1. The number of rotatable bonds is 12. The summed E-state index contributed by atoms with van der Waals surface area (Å²) in [7, 11) is 1.89. The van der Waals surface area contributed by atoms with E-state index in [4.69, 9.17) is 9.47 Å². The Morgan fingerprint density at radius 3 is 2.41 bits per heavy atom. The smallest absolute Gasteiger partial charge is 0.222 e. The van der Waals surface area contributed by atoms with Crippen molar-refractivity contribution >= 4 is 5.91 Å². The lowest BCUT2D eigenvalue weighted by molar-refractivity contribution is -0.122. The summed E-state index contributed by atoms with van der Waals surface area (Å²) in [5.74, 6) is 0.0644. The van der Waals surface area contributed by atoms with Crippen LogP contribution in [0.4, 0.5) is 0 Å². The zero-order chi connectivity index (χ0) is 12.8. The van der Waals surface area contributed by atoms with Gasteiger partial charge in [-0.3, -0.25) is 4.79 Å². The minimum absolute atomic E-state index is 0.0644. The fraction of sp³-hybridized carbons (Fsp3) is 0.917. The van der Waals surface area contributed by atoms with Crippen LogP contribution in [0.25, 0.3) is 0 Å². The van der Waals surface area contributed by atoms with E-state index < -0.39 is 0 Å². The average molecular weight is 246 g/mol. The van der Waals surface area contributed by atoms with Crippen molar-refractivity contribution in [2.75, 3.05) is 46.6 Å². The van der Waals surface area contributed by atoms with Crippen molar-refractivity contribution in [1.29, 1.82) is 0 Å². The maximum Gasteiger partial charge on any atom is 0.222 e. The molecule has 0 aromatic heterocycles. The van der Waals surface area contributed by atoms with Crippen molar-refractivity contribution in [2.45, 2.75) is 26.2 Å². The molecule has 17 heavy (non-hydrogen) atoms. The van der Waals surface area contributed by atoms with Crippen LogP contribution in [0.5, 0.6) is 0 Å². The molecule has 0 unspecified atom stereocenters. The van der Waals surface area contributed by atoms with Gasteiger partial charge >= 0.3 is 0 Å². The Balaban J connectivity index is 3.08. The molecule has 0 bridgehead atoms. The highest BCUT2D eigenvalue weighted by Gasteiger charge is 1.99. The van der Waals surface area contributed by atoms with E-state index in [0.29, 0.717) is 32.8 Å². The number of likely N-dealkylation sites (N-methyl/N-ethyl adjacent to an activating group) is 1. The first-order valence-electron chi connectivity index (χ1n) is 6.38. The zero-order valence-electron chi connectivity index (χ0n) is 11.1. The minimum Gasteiger partial charge on any atom is -0.379 e. The lowest BCUT2D eigenvalue weighted by Gasteiger charge is -2.06. The van der Waals surface area contributed by atoms with E-state index in [-0.39, 0.29) is 5.91 Å². The summed E-state index contributed by atoms with van der Waals surface area (Å²) in [5.41, 5.74) is 0. The van der Waals surface area contributed by atoms with Gasteiger partial charge in [-0.05, 0) is 13.5 Å². The molecule has 0 aromatic carbocycles. The lowest BCUT2D eigenvalue weighted by atomic mass is 10.3. The molecular formula is C12H26N2O3. The second-order valence-corrected chi connectivity index (χ2v) is 3.78. The molecule has 0 aliphatic rings. The first kappa shape index (κ1) is 16.4. The maximum absolute atomic E-state index is 11.3. The van der Waals surface area contributed by atoms with Crippen LogP contribution in [0, 0.1) is 0 Å². The highest BCUT2D eigenvalue weighted by atomic mass is 16.5. The van der Waals surface area contributed by atoms with Gasteiger partial charge in [-0.15, -0.1) is 0 Å². The van der Waals surface area contributed by atoms with Crippen LogP contribution in [-0.2, 0) is 14.3 Å². The Bertz CT molecular complexity index is 177. The summed E-state index contributed by atoms with van der Waals surface area (Å²) in [5, 5.41) is 5.83. The van der Waals surface area contributed by atoms with Gasteiger partial charge in [0.25, 0.3) is 0 Å². The van der Waals surface area contributed by atoms with E-state index in [0.717, 1.165) is 25.9 Å².